The molecule has 0 unspecified atom stereocenters. The highest BCUT2D eigenvalue weighted by Gasteiger charge is 1.97. The second-order valence-corrected chi connectivity index (χ2v) is 3.17. The van der Waals surface area contributed by atoms with Crippen LogP contribution in [0.15, 0.2) is 30.3 Å². The van der Waals surface area contributed by atoms with E-state index >= 15 is 0 Å². The molecule has 1 aromatic carbocycles. The van der Waals surface area contributed by atoms with E-state index < -0.39 is 11.9 Å². The van der Waals surface area contributed by atoms with Crippen molar-refractivity contribution >= 4 is 29.6 Å². The lowest BCUT2D eigenvalue weighted by molar-refractivity contribution is -0.115. The molecule has 0 aromatic heterocycles. The molecule has 0 heterocycles. The van der Waals surface area contributed by atoms with Crippen molar-refractivity contribution < 1.29 is 9.59 Å². The Bertz CT molecular complexity index is 398. The first kappa shape index (κ1) is 11.3. The molecule has 0 atom stereocenters. The predicted molar refractivity (Wildman–Crippen MR) is 58.2 cm³/mol. The topological polar surface area (TPSA) is 72.2 Å². The van der Waals surface area contributed by atoms with E-state index in [1.165, 1.54) is 6.08 Å². The number of nitrogens with one attached hydrogen (secondary N) is 1. The number of halogens is 1. The molecule has 0 radical (unpaired) electrons. The Hall–Kier alpha value is -1.81. The quantitative estimate of drug-likeness (QED) is 0.748. The largest absolute Gasteiger partial charge is 0.351 e. The van der Waals surface area contributed by atoms with E-state index in [4.69, 9.17) is 17.3 Å². The fourth-order valence-electron chi connectivity index (χ4n) is 0.909. The van der Waals surface area contributed by atoms with Crippen molar-refractivity contribution in [1.82, 2.24) is 5.32 Å². The molecule has 0 fully saturated rings. The van der Waals surface area contributed by atoms with Crippen LogP contribution in [-0.2, 0) is 4.79 Å². The Kier molecular flexibility index (Phi) is 3.88. The van der Waals surface area contributed by atoms with Gasteiger partial charge in [-0.2, -0.15) is 0 Å². The fourth-order valence-corrected chi connectivity index (χ4v) is 1.03. The van der Waals surface area contributed by atoms with Gasteiger partial charge in [-0.1, -0.05) is 23.7 Å². The van der Waals surface area contributed by atoms with E-state index in [-0.39, 0.29) is 0 Å². The minimum atomic E-state index is -0.874. The summed E-state index contributed by atoms with van der Waals surface area (Å²) in [7, 11) is 0. The van der Waals surface area contributed by atoms with Gasteiger partial charge in [-0.05, 0) is 23.8 Å². The number of urea groups is 1. The van der Waals surface area contributed by atoms with Gasteiger partial charge in [0, 0.05) is 11.1 Å². The first-order valence-electron chi connectivity index (χ1n) is 4.12. The van der Waals surface area contributed by atoms with Crippen molar-refractivity contribution in [1.29, 1.82) is 0 Å². The van der Waals surface area contributed by atoms with Crippen LogP contribution in [0.4, 0.5) is 4.79 Å². The van der Waals surface area contributed by atoms with Crippen LogP contribution in [0.25, 0.3) is 6.08 Å². The molecule has 0 aliphatic carbocycles. The zero-order valence-electron chi connectivity index (χ0n) is 7.74. The van der Waals surface area contributed by atoms with Crippen LogP contribution in [0.2, 0.25) is 5.02 Å². The lowest BCUT2D eigenvalue weighted by atomic mass is 10.2. The number of hydrogen-bond acceptors (Lipinski definition) is 2. The van der Waals surface area contributed by atoms with E-state index in [2.05, 4.69) is 0 Å². The summed E-state index contributed by atoms with van der Waals surface area (Å²) in [6.45, 7) is 0. The minimum Gasteiger partial charge on any atom is -0.351 e. The van der Waals surface area contributed by atoms with Crippen molar-refractivity contribution in [2.24, 2.45) is 5.73 Å². The van der Waals surface area contributed by atoms with Gasteiger partial charge in [0.15, 0.2) is 0 Å². The van der Waals surface area contributed by atoms with Gasteiger partial charge in [0.1, 0.15) is 0 Å². The maximum Gasteiger partial charge on any atom is 0.319 e. The van der Waals surface area contributed by atoms with Crippen LogP contribution < -0.4 is 11.1 Å². The molecule has 1 aromatic rings. The highest BCUT2D eigenvalue weighted by atomic mass is 35.5. The summed E-state index contributed by atoms with van der Waals surface area (Å²) >= 11 is 5.68. The highest BCUT2D eigenvalue weighted by Crippen LogP contribution is 2.10. The number of imide groups is 1. The normalized spacial score (nSPS) is 10.2. The Balaban J connectivity index is 2.61. The zero-order valence-corrected chi connectivity index (χ0v) is 8.49. The Morgan fingerprint density at radius 3 is 2.40 bits per heavy atom. The second kappa shape index (κ2) is 5.17. The third kappa shape index (κ3) is 4.28. The van der Waals surface area contributed by atoms with Gasteiger partial charge in [-0.15, -0.1) is 0 Å². The van der Waals surface area contributed by atoms with Gasteiger partial charge in [-0.25, -0.2) is 4.79 Å². The van der Waals surface area contributed by atoms with Crippen molar-refractivity contribution in [3.63, 3.8) is 0 Å². The number of amides is 3. The van der Waals surface area contributed by atoms with Crippen molar-refractivity contribution in [2.45, 2.75) is 0 Å². The number of benzene rings is 1. The molecule has 0 bridgehead atoms. The van der Waals surface area contributed by atoms with E-state index in [1.54, 1.807) is 30.3 Å². The Labute approximate surface area is 91.7 Å². The average Bonchev–Trinajstić information content (AvgIpc) is 2.16. The maximum absolute atomic E-state index is 11.0. The van der Waals surface area contributed by atoms with E-state index in [0.29, 0.717) is 5.02 Å². The molecule has 1 rings (SSSR count). The number of carbonyl (C=O) groups is 2. The number of hydrogen-bond donors (Lipinski definition) is 2. The van der Waals surface area contributed by atoms with Crippen LogP contribution in [0.5, 0.6) is 0 Å². The van der Waals surface area contributed by atoms with Gasteiger partial charge in [0.05, 0.1) is 0 Å². The molecular weight excluding hydrogens is 216 g/mol. The summed E-state index contributed by atoms with van der Waals surface area (Å²) in [5.74, 6) is -0.558. The molecule has 3 amide bonds. The van der Waals surface area contributed by atoms with Crippen LogP contribution in [0.3, 0.4) is 0 Å². The van der Waals surface area contributed by atoms with Crippen LogP contribution in [0, 0.1) is 0 Å². The number of nitrogens with two attached hydrogens (primary N) is 1. The fraction of sp³-hybridized carbons (Fsp3) is 0. The van der Waals surface area contributed by atoms with Crippen molar-refractivity contribution in [3.8, 4) is 0 Å². The molecule has 0 spiro atoms. The smallest absolute Gasteiger partial charge is 0.319 e. The first-order chi connectivity index (χ1) is 7.08. The van der Waals surface area contributed by atoms with E-state index in [0.717, 1.165) is 5.56 Å². The molecule has 0 aliphatic heterocycles. The van der Waals surface area contributed by atoms with E-state index in [9.17, 15) is 9.59 Å². The number of carbonyl (C=O) groups excluding carboxylic acids is 2. The second-order valence-electron chi connectivity index (χ2n) is 2.74. The third-order valence-corrected chi connectivity index (χ3v) is 1.80. The van der Waals surface area contributed by atoms with Crippen molar-refractivity contribution in [2.75, 3.05) is 0 Å². The van der Waals surface area contributed by atoms with Crippen LogP contribution in [-0.4, -0.2) is 11.9 Å². The molecule has 0 saturated heterocycles. The summed E-state index contributed by atoms with van der Waals surface area (Å²) in [4.78, 5) is 21.3. The summed E-state index contributed by atoms with van der Waals surface area (Å²) < 4.78 is 0. The SMILES string of the molecule is NC(=O)NC(=O)/C=C/c1ccc(Cl)cc1. The molecule has 78 valence electrons. The molecule has 3 N–H and O–H groups in total. The third-order valence-electron chi connectivity index (χ3n) is 1.54. The van der Waals surface area contributed by atoms with Gasteiger partial charge in [0.2, 0.25) is 0 Å². The Morgan fingerprint density at radius 2 is 1.87 bits per heavy atom. The van der Waals surface area contributed by atoms with Crippen LogP contribution in [0.1, 0.15) is 5.56 Å². The lowest BCUT2D eigenvalue weighted by Gasteiger charge is -1.95. The summed E-state index contributed by atoms with van der Waals surface area (Å²) in [6.07, 6.45) is 2.77. The number of rotatable bonds is 2. The first-order valence-corrected chi connectivity index (χ1v) is 4.50. The van der Waals surface area contributed by atoms with Gasteiger partial charge in [0.25, 0.3) is 5.91 Å². The van der Waals surface area contributed by atoms with Gasteiger partial charge < -0.3 is 5.73 Å². The summed E-state index contributed by atoms with van der Waals surface area (Å²) in [6, 6.07) is 6.02. The molecule has 0 aliphatic rings. The highest BCUT2D eigenvalue weighted by molar-refractivity contribution is 6.30. The van der Waals surface area contributed by atoms with Crippen molar-refractivity contribution in [3.05, 3.63) is 40.9 Å². The average molecular weight is 225 g/mol. The standard InChI is InChI=1S/C10H9ClN2O2/c11-8-4-1-7(2-5-8)3-6-9(14)13-10(12)15/h1-6H,(H3,12,13,14,15)/b6-3+. The number of primary amides is 1. The zero-order chi connectivity index (χ0) is 11.3. The summed E-state index contributed by atoms with van der Waals surface area (Å²) in [5.41, 5.74) is 5.56. The van der Waals surface area contributed by atoms with Crippen LogP contribution >= 0.6 is 11.6 Å². The van der Waals surface area contributed by atoms with Gasteiger partial charge in [-0.3, -0.25) is 10.1 Å². The maximum atomic E-state index is 11.0. The molecule has 15 heavy (non-hydrogen) atoms. The lowest BCUT2D eigenvalue weighted by Crippen LogP contribution is -2.33. The monoisotopic (exact) mass is 224 g/mol. The molecule has 5 heteroatoms. The summed E-state index contributed by atoms with van der Waals surface area (Å²) in [5, 5.41) is 2.53. The predicted octanol–water partition coefficient (Wildman–Crippen LogP) is 1.55. The molecule has 0 saturated carbocycles. The Morgan fingerprint density at radius 1 is 1.27 bits per heavy atom. The van der Waals surface area contributed by atoms with Gasteiger partial charge >= 0.3 is 6.03 Å². The van der Waals surface area contributed by atoms with E-state index in [1.807, 2.05) is 5.32 Å². The minimum absolute atomic E-state index is 0.558. The molecule has 4 nitrogen and oxygen atoms in total. The molecular formula is C10H9ClN2O2.